The fraction of sp³-hybridized carbons (Fsp3) is 0.182. The van der Waals surface area contributed by atoms with Crippen molar-refractivity contribution in [3.63, 3.8) is 0 Å². The Bertz CT molecular complexity index is 781. The van der Waals surface area contributed by atoms with Gasteiger partial charge in [-0.15, -0.1) is 11.3 Å². The van der Waals surface area contributed by atoms with Gasteiger partial charge in [-0.3, -0.25) is 14.0 Å². The van der Waals surface area contributed by atoms with E-state index in [2.05, 4.69) is 10.1 Å². The number of nitrogens with zero attached hydrogens (tertiary/aromatic N) is 3. The van der Waals surface area contributed by atoms with Crippen molar-refractivity contribution in [3.8, 4) is 0 Å². The van der Waals surface area contributed by atoms with E-state index in [0.717, 1.165) is 5.52 Å². The maximum atomic E-state index is 12.2. The summed E-state index contributed by atoms with van der Waals surface area (Å²) in [4.78, 5) is 15.3. The van der Waals surface area contributed by atoms with E-state index < -0.39 is 0 Å². The Hall–Kier alpha value is -1.73. The van der Waals surface area contributed by atoms with Gasteiger partial charge in [0, 0.05) is 18.9 Å². The predicted molar refractivity (Wildman–Crippen MR) is 73.5 cm³/mol. The Morgan fingerprint density at radius 1 is 1.44 bits per heavy atom. The van der Waals surface area contributed by atoms with Gasteiger partial charge >= 0.3 is 0 Å². The van der Waals surface area contributed by atoms with Crippen LogP contribution in [0.2, 0.25) is 0 Å². The van der Waals surface area contributed by atoms with Crippen LogP contribution >= 0.6 is 23.6 Å². The number of nitrogens with one attached hydrogen (secondary N) is 1. The van der Waals surface area contributed by atoms with Crippen LogP contribution in [0.3, 0.4) is 0 Å². The van der Waals surface area contributed by atoms with Crippen LogP contribution in [0.25, 0.3) is 10.2 Å². The highest BCUT2D eigenvalue weighted by Crippen LogP contribution is 2.13. The zero-order valence-electron chi connectivity index (χ0n) is 9.37. The van der Waals surface area contributed by atoms with E-state index in [9.17, 15) is 4.79 Å². The van der Waals surface area contributed by atoms with Gasteiger partial charge in [0.25, 0.3) is 5.56 Å². The average Bonchev–Trinajstić information content (AvgIpc) is 2.98. The number of thiophene rings is 1. The number of hydrogen-bond acceptors (Lipinski definition) is 4. The van der Waals surface area contributed by atoms with Crippen LogP contribution in [0.15, 0.2) is 34.7 Å². The summed E-state index contributed by atoms with van der Waals surface area (Å²) in [5.41, 5.74) is 0.779. The van der Waals surface area contributed by atoms with Gasteiger partial charge in [-0.2, -0.15) is 5.10 Å². The summed E-state index contributed by atoms with van der Waals surface area (Å²) in [6, 6.07) is 3.72. The smallest absolute Gasteiger partial charge is 0.272 e. The molecule has 5 nitrogen and oxygen atoms in total. The zero-order chi connectivity index (χ0) is 12.5. The summed E-state index contributed by atoms with van der Waals surface area (Å²) in [6.45, 7) is 1.14. The molecule has 1 N–H and O–H groups in total. The van der Waals surface area contributed by atoms with Gasteiger partial charge in [0.1, 0.15) is 4.70 Å². The molecule has 0 amide bonds. The fourth-order valence-electron chi connectivity index (χ4n) is 1.81. The van der Waals surface area contributed by atoms with E-state index in [0.29, 0.717) is 22.6 Å². The monoisotopic (exact) mass is 278 g/mol. The maximum absolute atomic E-state index is 12.2. The molecule has 3 heterocycles. The molecular formula is C11H10N4OS2. The molecule has 0 spiro atoms. The molecule has 3 aromatic rings. The summed E-state index contributed by atoms with van der Waals surface area (Å²) in [5, 5.41) is 5.99. The summed E-state index contributed by atoms with van der Waals surface area (Å²) >= 11 is 6.64. The van der Waals surface area contributed by atoms with Gasteiger partial charge in [0.15, 0.2) is 4.77 Å². The SMILES string of the molecule is O=c1c2sccc2[nH]c(=S)n1CCn1cccn1. The van der Waals surface area contributed by atoms with Crippen LogP contribution in [0.4, 0.5) is 0 Å². The van der Waals surface area contributed by atoms with Crippen molar-refractivity contribution in [2.24, 2.45) is 0 Å². The Morgan fingerprint density at radius 3 is 3.11 bits per heavy atom. The highest BCUT2D eigenvalue weighted by Gasteiger charge is 2.06. The van der Waals surface area contributed by atoms with Crippen LogP contribution in [-0.4, -0.2) is 19.3 Å². The summed E-state index contributed by atoms with van der Waals surface area (Å²) in [6.07, 6.45) is 3.58. The largest absolute Gasteiger partial charge is 0.331 e. The molecule has 92 valence electrons. The highest BCUT2D eigenvalue weighted by molar-refractivity contribution is 7.71. The third-order valence-electron chi connectivity index (χ3n) is 2.70. The molecular weight excluding hydrogens is 268 g/mol. The molecule has 18 heavy (non-hydrogen) atoms. The Morgan fingerprint density at radius 2 is 2.33 bits per heavy atom. The molecule has 0 radical (unpaired) electrons. The van der Waals surface area contributed by atoms with Crippen LogP contribution in [0.5, 0.6) is 0 Å². The van der Waals surface area contributed by atoms with Gasteiger partial charge in [0.05, 0.1) is 12.1 Å². The Balaban J connectivity index is 2.01. The van der Waals surface area contributed by atoms with Crippen molar-refractivity contribution in [2.75, 3.05) is 0 Å². The summed E-state index contributed by atoms with van der Waals surface area (Å²) < 4.78 is 4.53. The second kappa shape index (κ2) is 4.51. The predicted octanol–water partition coefficient (Wildman–Crippen LogP) is 2.02. The lowest BCUT2D eigenvalue weighted by molar-refractivity contribution is 0.518. The summed E-state index contributed by atoms with van der Waals surface area (Å²) in [7, 11) is 0. The zero-order valence-corrected chi connectivity index (χ0v) is 11.0. The number of aromatic nitrogens is 4. The van der Waals surface area contributed by atoms with Crippen molar-refractivity contribution in [3.05, 3.63) is 45.0 Å². The first-order chi connectivity index (χ1) is 8.75. The van der Waals surface area contributed by atoms with Crippen molar-refractivity contribution in [1.29, 1.82) is 0 Å². The van der Waals surface area contributed by atoms with Crippen molar-refractivity contribution in [2.45, 2.75) is 13.1 Å². The van der Waals surface area contributed by atoms with Crippen molar-refractivity contribution in [1.82, 2.24) is 19.3 Å². The minimum atomic E-state index is -0.0316. The van der Waals surface area contributed by atoms with E-state index >= 15 is 0 Å². The molecule has 3 rings (SSSR count). The van der Waals surface area contributed by atoms with Gasteiger partial charge < -0.3 is 4.98 Å². The maximum Gasteiger partial charge on any atom is 0.272 e. The van der Waals surface area contributed by atoms with E-state index in [4.69, 9.17) is 12.2 Å². The molecule has 0 saturated carbocycles. The first kappa shape index (κ1) is 11.4. The first-order valence-electron chi connectivity index (χ1n) is 5.43. The van der Waals surface area contributed by atoms with E-state index in [1.165, 1.54) is 11.3 Å². The molecule has 0 bridgehead atoms. The molecule has 0 aliphatic rings. The molecule has 0 aliphatic heterocycles. The van der Waals surface area contributed by atoms with E-state index in [1.54, 1.807) is 15.4 Å². The molecule has 0 aromatic carbocycles. The van der Waals surface area contributed by atoms with Gasteiger partial charge in [-0.25, -0.2) is 0 Å². The minimum Gasteiger partial charge on any atom is -0.331 e. The summed E-state index contributed by atoms with van der Waals surface area (Å²) in [5.74, 6) is 0. The van der Waals surface area contributed by atoms with Gasteiger partial charge in [-0.1, -0.05) is 0 Å². The number of aromatic amines is 1. The van der Waals surface area contributed by atoms with Gasteiger partial charge in [0.2, 0.25) is 0 Å². The first-order valence-corrected chi connectivity index (χ1v) is 6.72. The van der Waals surface area contributed by atoms with Gasteiger partial charge in [-0.05, 0) is 29.7 Å². The lowest BCUT2D eigenvalue weighted by Crippen LogP contribution is -2.23. The van der Waals surface area contributed by atoms with Crippen LogP contribution in [0, 0.1) is 4.77 Å². The van der Waals surface area contributed by atoms with Crippen LogP contribution < -0.4 is 5.56 Å². The standard InChI is InChI=1S/C11H10N4OS2/c16-10-9-8(2-7-18-9)13-11(17)15(10)6-5-14-4-1-3-12-14/h1-4,7H,5-6H2,(H,13,17). The number of hydrogen-bond donors (Lipinski definition) is 1. The third kappa shape index (κ3) is 1.91. The fourth-order valence-corrected chi connectivity index (χ4v) is 2.89. The number of aryl methyl sites for hydroxylation is 1. The molecule has 0 fully saturated rings. The second-order valence-electron chi connectivity index (χ2n) is 3.82. The number of rotatable bonds is 3. The number of H-pyrrole nitrogens is 1. The Labute approximate surface area is 111 Å². The lowest BCUT2D eigenvalue weighted by atomic mass is 10.4. The Kier molecular flexibility index (Phi) is 2.85. The minimum absolute atomic E-state index is 0.0316. The van der Waals surface area contributed by atoms with E-state index in [-0.39, 0.29) is 5.56 Å². The molecule has 0 unspecified atom stereocenters. The molecule has 7 heteroatoms. The molecule has 0 aliphatic carbocycles. The quantitative estimate of drug-likeness (QED) is 0.746. The average molecular weight is 278 g/mol. The molecule has 0 atom stereocenters. The highest BCUT2D eigenvalue weighted by atomic mass is 32.1. The normalized spacial score (nSPS) is 11.1. The molecule has 3 aromatic heterocycles. The molecule has 0 saturated heterocycles. The van der Waals surface area contributed by atoms with Crippen molar-refractivity contribution < 1.29 is 0 Å². The lowest BCUT2D eigenvalue weighted by Gasteiger charge is -2.06. The third-order valence-corrected chi connectivity index (χ3v) is 3.93. The second-order valence-corrected chi connectivity index (χ2v) is 5.12. The number of fused-ring (bicyclic) bond motifs is 1. The van der Waals surface area contributed by atoms with Crippen LogP contribution in [0.1, 0.15) is 0 Å². The van der Waals surface area contributed by atoms with Crippen LogP contribution in [-0.2, 0) is 13.1 Å². The topological polar surface area (TPSA) is 55.6 Å². The van der Waals surface area contributed by atoms with Crippen molar-refractivity contribution >= 4 is 33.8 Å². The van der Waals surface area contributed by atoms with E-state index in [1.807, 2.05) is 23.7 Å².